The Kier molecular flexibility index (Phi) is 10.3. The second-order valence-corrected chi connectivity index (χ2v) is 17.3. The minimum atomic E-state index is -1.28. The van der Waals surface area contributed by atoms with Gasteiger partial charge in [-0.25, -0.2) is 18.3 Å². The van der Waals surface area contributed by atoms with E-state index < -0.39 is 40.9 Å². The van der Waals surface area contributed by atoms with Crippen molar-refractivity contribution in [3.8, 4) is 6.07 Å². The van der Waals surface area contributed by atoms with Crippen LogP contribution in [0.3, 0.4) is 0 Å². The van der Waals surface area contributed by atoms with E-state index in [4.69, 9.17) is 4.98 Å². The van der Waals surface area contributed by atoms with Crippen molar-refractivity contribution in [2.45, 2.75) is 75.9 Å². The van der Waals surface area contributed by atoms with Crippen LogP contribution in [0.2, 0.25) is 0 Å². The predicted molar refractivity (Wildman–Crippen MR) is 219 cm³/mol. The zero-order valence-corrected chi connectivity index (χ0v) is 33.9. The van der Waals surface area contributed by atoms with Crippen molar-refractivity contribution in [3.63, 3.8) is 0 Å². The number of imidazole rings is 1. The summed E-state index contributed by atoms with van der Waals surface area (Å²) < 4.78 is 33.6. The number of halogens is 2. The number of benzene rings is 1. The van der Waals surface area contributed by atoms with Gasteiger partial charge in [0, 0.05) is 73.8 Å². The Morgan fingerprint density at radius 2 is 1.69 bits per heavy atom. The largest absolute Gasteiger partial charge is 0.386 e. The highest BCUT2D eigenvalue weighted by molar-refractivity contribution is 6.04. The number of anilines is 2. The standard InChI is InChI=1S/C44H46F2N10O5/c1-44(2,61)32-18-38-49-35(23-55(38)24-36(32)50-42(59)37-5-3-29-15-25(19-47)20-48-56(29)37)26-7-11-52(12-8-26)28-9-13-53(14-10-28)43(60)27-21-54(22-27)30-16-33(45)40(34(46)17-30)31-4-6-39(57)51-41(31)58/h3,5,15-18,20,23-24,26-28,31,61H,4,6-14,21-22H2,1-2H3,(H,50,59)(H,51,57,58)/t31-/m1/s1. The van der Waals surface area contributed by atoms with Crippen molar-refractivity contribution in [2.24, 2.45) is 5.92 Å². The summed E-state index contributed by atoms with van der Waals surface area (Å²) in [6.07, 6.45) is 8.81. The maximum absolute atomic E-state index is 15.1. The number of aliphatic hydroxyl groups is 1. The molecule has 8 heterocycles. The number of nitriles is 1. The minimum absolute atomic E-state index is 0.0218. The van der Waals surface area contributed by atoms with Gasteiger partial charge in [0.05, 0.1) is 46.1 Å². The van der Waals surface area contributed by atoms with E-state index in [-0.39, 0.29) is 41.8 Å². The molecular weight excluding hydrogens is 787 g/mol. The van der Waals surface area contributed by atoms with Crippen LogP contribution >= 0.6 is 0 Å². The molecular formula is C44H46F2N10O5. The van der Waals surface area contributed by atoms with Gasteiger partial charge in [0.15, 0.2) is 0 Å². The van der Waals surface area contributed by atoms with E-state index in [1.807, 2.05) is 15.5 Å². The van der Waals surface area contributed by atoms with Gasteiger partial charge in [-0.1, -0.05) is 0 Å². The van der Waals surface area contributed by atoms with Crippen LogP contribution in [0.15, 0.2) is 55.0 Å². The molecule has 0 aliphatic carbocycles. The molecule has 4 aromatic heterocycles. The van der Waals surface area contributed by atoms with Crippen LogP contribution in [0.4, 0.5) is 20.2 Å². The Balaban J connectivity index is 0.778. The number of aromatic nitrogens is 4. The maximum atomic E-state index is 15.1. The molecule has 4 fully saturated rings. The van der Waals surface area contributed by atoms with Gasteiger partial charge in [-0.15, -0.1) is 0 Å². The van der Waals surface area contributed by atoms with Crippen molar-refractivity contribution in [1.82, 2.24) is 34.1 Å². The van der Waals surface area contributed by atoms with Gasteiger partial charge in [-0.2, -0.15) is 10.4 Å². The Bertz CT molecular complexity index is 2600. The fourth-order valence-corrected chi connectivity index (χ4v) is 9.45. The van der Waals surface area contributed by atoms with Crippen molar-refractivity contribution in [1.29, 1.82) is 5.26 Å². The third-order valence-electron chi connectivity index (χ3n) is 12.9. The summed E-state index contributed by atoms with van der Waals surface area (Å²) >= 11 is 0. The Labute approximate surface area is 349 Å². The number of carbonyl (C=O) groups is 4. The monoisotopic (exact) mass is 832 g/mol. The normalized spacial score (nSPS) is 19.9. The van der Waals surface area contributed by atoms with E-state index >= 15 is 8.78 Å². The first kappa shape index (κ1) is 40.2. The van der Waals surface area contributed by atoms with E-state index in [0.717, 1.165) is 44.5 Å². The zero-order valence-electron chi connectivity index (χ0n) is 33.9. The predicted octanol–water partition coefficient (Wildman–Crippen LogP) is 4.44. The molecule has 316 valence electrons. The number of carbonyl (C=O) groups excluding carboxylic acids is 4. The van der Waals surface area contributed by atoms with Crippen molar-refractivity contribution in [2.75, 3.05) is 49.5 Å². The summed E-state index contributed by atoms with van der Waals surface area (Å²) in [7, 11) is 0. The number of rotatable bonds is 8. The summed E-state index contributed by atoms with van der Waals surface area (Å²) in [6, 6.07) is 11.6. The van der Waals surface area contributed by atoms with Gasteiger partial charge in [0.1, 0.15) is 29.0 Å². The molecule has 0 saturated carbocycles. The molecule has 61 heavy (non-hydrogen) atoms. The van der Waals surface area contributed by atoms with Gasteiger partial charge in [0.2, 0.25) is 17.7 Å². The number of fused-ring (bicyclic) bond motifs is 2. The van der Waals surface area contributed by atoms with Crippen LogP contribution in [0, 0.1) is 28.9 Å². The van der Waals surface area contributed by atoms with E-state index in [1.165, 1.54) is 22.8 Å². The topological polar surface area (TPSA) is 181 Å². The van der Waals surface area contributed by atoms with Crippen molar-refractivity contribution in [3.05, 3.63) is 94.7 Å². The van der Waals surface area contributed by atoms with E-state index in [9.17, 15) is 29.5 Å². The summed E-state index contributed by atoms with van der Waals surface area (Å²) in [5.41, 5.74) is 2.58. The number of hydrogen-bond acceptors (Lipinski definition) is 10. The Hall–Kier alpha value is -6.25. The summed E-state index contributed by atoms with van der Waals surface area (Å²) in [4.78, 5) is 61.9. The number of nitrogens with one attached hydrogen (secondary N) is 2. The highest BCUT2D eigenvalue weighted by Gasteiger charge is 2.39. The summed E-state index contributed by atoms with van der Waals surface area (Å²) in [5, 5.41) is 29.7. The molecule has 3 N–H and O–H groups in total. The second kappa shape index (κ2) is 15.7. The average molecular weight is 833 g/mol. The third-order valence-corrected chi connectivity index (χ3v) is 12.9. The van der Waals surface area contributed by atoms with Crippen LogP contribution in [-0.4, -0.2) is 103 Å². The van der Waals surface area contributed by atoms with Crippen molar-refractivity contribution < 1.29 is 33.1 Å². The molecule has 4 aliphatic heterocycles. The number of hydrogen-bond donors (Lipinski definition) is 3. The maximum Gasteiger partial charge on any atom is 0.274 e. The molecule has 4 aliphatic rings. The van der Waals surface area contributed by atoms with Crippen LogP contribution in [0.1, 0.15) is 97.1 Å². The van der Waals surface area contributed by atoms with Crippen LogP contribution in [0.5, 0.6) is 0 Å². The second-order valence-electron chi connectivity index (χ2n) is 17.3. The SMILES string of the molecule is CC(C)(O)c1cc2nc(C3CCN(C4CCN(C(=O)C5CN(c6cc(F)c([C@H]7CCC(=O)NC7=O)c(F)c6)C5)CC4)CC3)cn2cc1NC(=O)c1ccc2cc(C#N)cnn12. The van der Waals surface area contributed by atoms with Gasteiger partial charge in [-0.3, -0.25) is 24.5 Å². The molecule has 1 atom stereocenters. The first-order chi connectivity index (χ1) is 29.2. The Morgan fingerprint density at radius 1 is 0.967 bits per heavy atom. The lowest BCUT2D eigenvalue weighted by atomic mass is 9.89. The van der Waals surface area contributed by atoms with E-state index in [1.54, 1.807) is 49.2 Å². The lowest BCUT2D eigenvalue weighted by molar-refractivity contribution is -0.138. The van der Waals surface area contributed by atoms with Crippen LogP contribution in [0.25, 0.3) is 11.2 Å². The van der Waals surface area contributed by atoms with Crippen molar-refractivity contribution >= 4 is 46.2 Å². The number of likely N-dealkylation sites (tertiary alicyclic amines) is 2. The molecule has 17 heteroatoms. The first-order valence-electron chi connectivity index (χ1n) is 20.8. The molecule has 0 spiro atoms. The molecule has 0 bridgehead atoms. The number of nitrogens with zero attached hydrogens (tertiary/aromatic N) is 8. The molecule has 4 saturated heterocycles. The fourth-order valence-electron chi connectivity index (χ4n) is 9.45. The molecule has 1 aromatic carbocycles. The molecule has 4 amide bonds. The highest BCUT2D eigenvalue weighted by Crippen LogP contribution is 2.36. The first-order valence-corrected chi connectivity index (χ1v) is 20.8. The molecule has 5 aromatic rings. The molecule has 0 unspecified atom stereocenters. The quantitative estimate of drug-likeness (QED) is 0.189. The van der Waals surface area contributed by atoms with E-state index in [0.29, 0.717) is 65.9 Å². The number of pyridine rings is 1. The summed E-state index contributed by atoms with van der Waals surface area (Å²) in [5.74, 6) is -4.26. The third kappa shape index (κ3) is 7.70. The average Bonchev–Trinajstić information content (AvgIpc) is 3.84. The van der Waals surface area contributed by atoms with Crippen LogP contribution in [-0.2, 0) is 20.0 Å². The zero-order chi connectivity index (χ0) is 42.7. The lowest BCUT2D eigenvalue weighted by Gasteiger charge is -2.45. The van der Waals surface area contributed by atoms with Gasteiger partial charge >= 0.3 is 0 Å². The smallest absolute Gasteiger partial charge is 0.274 e. The highest BCUT2D eigenvalue weighted by atomic mass is 19.1. The summed E-state index contributed by atoms with van der Waals surface area (Å²) in [6.45, 7) is 7.14. The molecule has 0 radical (unpaired) electrons. The number of piperidine rings is 3. The van der Waals surface area contributed by atoms with Crippen LogP contribution < -0.4 is 15.5 Å². The van der Waals surface area contributed by atoms with E-state index in [2.05, 4.69) is 26.7 Å². The lowest BCUT2D eigenvalue weighted by Crippen LogP contribution is -2.57. The minimum Gasteiger partial charge on any atom is -0.386 e. The number of amides is 4. The fraction of sp³-hybridized carbons (Fsp3) is 0.432. The Morgan fingerprint density at radius 3 is 2.36 bits per heavy atom. The molecule has 9 rings (SSSR count). The van der Waals surface area contributed by atoms with Gasteiger partial charge in [-0.05, 0) is 95.4 Å². The van der Waals surface area contributed by atoms with Gasteiger partial charge < -0.3 is 29.5 Å². The molecule has 15 nitrogen and oxygen atoms in total. The van der Waals surface area contributed by atoms with Gasteiger partial charge in [0.25, 0.3) is 5.91 Å². The number of imide groups is 1.